The molecule has 0 bridgehead atoms. The van der Waals surface area contributed by atoms with Gasteiger partial charge in [-0.1, -0.05) is 69.2 Å². The second-order valence-electron chi connectivity index (χ2n) is 16.0. The van der Waals surface area contributed by atoms with Crippen molar-refractivity contribution in [3.63, 3.8) is 0 Å². The third-order valence-electron chi connectivity index (χ3n) is 9.82. The van der Waals surface area contributed by atoms with Gasteiger partial charge in [0.2, 0.25) is 0 Å². The van der Waals surface area contributed by atoms with E-state index < -0.39 is 25.0 Å². The normalized spacial score (nSPS) is 23.9. The van der Waals surface area contributed by atoms with E-state index in [1.54, 1.807) is 0 Å². The van der Waals surface area contributed by atoms with Crippen molar-refractivity contribution in [3.8, 4) is 0 Å². The maximum atomic E-state index is 12.1. The van der Waals surface area contributed by atoms with E-state index in [2.05, 4.69) is 109 Å². The number of methoxy groups -OCH3 is 1. The highest BCUT2D eigenvalue weighted by Gasteiger charge is 2.50. The Balaban J connectivity index is 3.54. The fourth-order valence-electron chi connectivity index (χ4n) is 3.81. The Morgan fingerprint density at radius 2 is 1.26 bits per heavy atom. The molecule has 0 saturated carbocycles. The Labute approximate surface area is 238 Å². The molecule has 226 valence electrons. The molecule has 1 aliphatic rings. The van der Waals surface area contributed by atoms with Gasteiger partial charge in [0, 0.05) is 0 Å². The van der Waals surface area contributed by atoms with Crippen molar-refractivity contribution in [2.24, 2.45) is 5.92 Å². The van der Waals surface area contributed by atoms with E-state index in [4.69, 9.17) is 22.8 Å². The maximum Gasteiger partial charge on any atom is 0.308 e. The van der Waals surface area contributed by atoms with Crippen LogP contribution in [0.15, 0.2) is 0 Å². The predicted molar refractivity (Wildman–Crippen MR) is 166 cm³/mol. The second kappa shape index (κ2) is 12.4. The summed E-state index contributed by atoms with van der Waals surface area (Å²) in [6.07, 6.45) is 0.181. The summed E-state index contributed by atoms with van der Waals surface area (Å²) in [6, 6.07) is 0. The molecule has 0 aromatic rings. The number of carbonyl (C=O) groups excluding carboxylic acids is 1. The topological polar surface area (TPSA) is 63.2 Å². The van der Waals surface area contributed by atoms with Gasteiger partial charge < -0.3 is 22.8 Å². The summed E-state index contributed by atoms with van der Waals surface area (Å²) in [5, 5.41) is 0.165. The minimum atomic E-state index is -2.19. The first kappa shape index (κ1) is 36.0. The first-order valence-electron chi connectivity index (χ1n) is 14.5. The number of hydrogen-bond donors (Lipinski definition) is 0. The van der Waals surface area contributed by atoms with Gasteiger partial charge in [-0.15, -0.1) is 0 Å². The summed E-state index contributed by atoms with van der Waals surface area (Å²) in [6.45, 7) is 36.8. The molecule has 0 N–H and O–H groups in total. The van der Waals surface area contributed by atoms with Gasteiger partial charge in [-0.2, -0.15) is 0 Å². The second-order valence-corrected chi connectivity index (χ2v) is 30.4. The largest absolute Gasteiger partial charge is 0.469 e. The monoisotopic (exact) mass is 590 g/mol. The van der Waals surface area contributed by atoms with Crippen molar-refractivity contribution in [3.05, 3.63) is 0 Å². The van der Waals surface area contributed by atoms with E-state index >= 15 is 0 Å². The lowest BCUT2D eigenvalue weighted by atomic mass is 9.96. The number of rotatable bonds is 11. The fraction of sp³-hybridized carbons (Fsp3) is 0.966. The van der Waals surface area contributed by atoms with Crippen LogP contribution in [-0.4, -0.2) is 69.1 Å². The van der Waals surface area contributed by atoms with Crippen LogP contribution in [0, 0.1) is 5.92 Å². The average molecular weight is 591 g/mol. The first-order valence-corrected chi connectivity index (χ1v) is 23.2. The Hall–Kier alpha value is -0.0394. The van der Waals surface area contributed by atoms with E-state index in [1.165, 1.54) is 7.11 Å². The molecule has 0 unspecified atom stereocenters. The lowest BCUT2D eigenvalue weighted by molar-refractivity contribution is -0.145. The maximum absolute atomic E-state index is 12.1. The van der Waals surface area contributed by atoms with Gasteiger partial charge in [0.15, 0.2) is 25.0 Å². The van der Waals surface area contributed by atoms with Crippen molar-refractivity contribution >= 4 is 30.9 Å². The minimum absolute atomic E-state index is 0.0305. The molecule has 0 aromatic carbocycles. The number of carbonyl (C=O) groups is 1. The van der Waals surface area contributed by atoms with Gasteiger partial charge in [-0.05, 0) is 66.7 Å². The molecule has 1 saturated heterocycles. The molecular weight excluding hydrogens is 529 g/mol. The molecule has 6 nitrogen and oxygen atoms in total. The van der Waals surface area contributed by atoms with Crippen LogP contribution in [0.4, 0.5) is 0 Å². The van der Waals surface area contributed by atoms with Crippen LogP contribution in [0.3, 0.4) is 0 Å². The summed E-state index contributed by atoms with van der Waals surface area (Å²) in [5.74, 6) is -0.0147. The molecule has 38 heavy (non-hydrogen) atoms. The number of ether oxygens (including phenoxy) is 2. The lowest BCUT2D eigenvalue weighted by Gasteiger charge is -2.47. The van der Waals surface area contributed by atoms with Crippen LogP contribution in [0.25, 0.3) is 0 Å². The van der Waals surface area contributed by atoms with E-state index in [-0.39, 0.29) is 57.8 Å². The molecule has 0 aromatic heterocycles. The molecule has 1 rings (SSSR count). The van der Waals surface area contributed by atoms with Crippen LogP contribution < -0.4 is 0 Å². The van der Waals surface area contributed by atoms with Crippen LogP contribution in [0.1, 0.15) is 82.1 Å². The highest BCUT2D eigenvalue weighted by atomic mass is 28.4. The summed E-state index contributed by atoms with van der Waals surface area (Å²) < 4.78 is 32.8. The highest BCUT2D eigenvalue weighted by molar-refractivity contribution is 6.75. The van der Waals surface area contributed by atoms with Gasteiger partial charge in [0.05, 0.1) is 44.6 Å². The quantitative estimate of drug-likeness (QED) is 0.179. The van der Waals surface area contributed by atoms with Gasteiger partial charge in [-0.3, -0.25) is 4.79 Å². The van der Waals surface area contributed by atoms with Crippen molar-refractivity contribution in [1.29, 1.82) is 0 Å². The van der Waals surface area contributed by atoms with Crippen molar-refractivity contribution in [2.75, 3.05) is 13.7 Å². The Kier molecular flexibility index (Phi) is 11.8. The lowest BCUT2D eigenvalue weighted by Crippen LogP contribution is -2.57. The van der Waals surface area contributed by atoms with Gasteiger partial charge in [0.25, 0.3) is 0 Å². The van der Waals surface area contributed by atoms with Crippen LogP contribution in [-0.2, 0) is 27.5 Å². The number of esters is 1. The van der Waals surface area contributed by atoms with Gasteiger partial charge >= 0.3 is 5.97 Å². The van der Waals surface area contributed by atoms with Crippen LogP contribution in [0.2, 0.25) is 54.4 Å². The molecule has 1 heterocycles. The van der Waals surface area contributed by atoms with E-state index in [9.17, 15) is 4.79 Å². The summed E-state index contributed by atoms with van der Waals surface area (Å²) in [7, 11) is -4.96. The predicted octanol–water partition coefficient (Wildman–Crippen LogP) is 8.15. The third-order valence-corrected chi connectivity index (χ3v) is 23.3. The highest BCUT2D eigenvalue weighted by Crippen LogP contribution is 2.44. The summed E-state index contributed by atoms with van der Waals surface area (Å²) in [4.78, 5) is 12.1. The zero-order chi connectivity index (χ0) is 30.1. The molecule has 0 aliphatic carbocycles. The fourth-order valence-corrected chi connectivity index (χ4v) is 7.47. The molecule has 0 amide bonds. The summed E-state index contributed by atoms with van der Waals surface area (Å²) >= 11 is 0. The first-order chi connectivity index (χ1) is 16.8. The molecule has 0 spiro atoms. The smallest absolute Gasteiger partial charge is 0.308 e. The SMILES string of the molecule is COC(=O)C[C@@H]1O[C@@H]([C@H](O[Si](C)(C)C(C)(C)C)[C@@H](CO[Si](C)(C)C(C)(C)C)O[Si](C)(C)C(C)(C)C)C[C@H]1C. The Morgan fingerprint density at radius 1 is 0.816 bits per heavy atom. The molecule has 1 aliphatic heterocycles. The molecule has 5 atom stereocenters. The average Bonchev–Trinajstić information content (AvgIpc) is 3.06. The van der Waals surface area contributed by atoms with E-state index in [0.717, 1.165) is 6.42 Å². The minimum Gasteiger partial charge on any atom is -0.469 e. The zero-order valence-corrected chi connectivity index (χ0v) is 31.0. The molecule has 1 fully saturated rings. The van der Waals surface area contributed by atoms with Crippen LogP contribution >= 0.6 is 0 Å². The standard InChI is InChI=1S/C29H62O6Si3/c1-21-18-23(33-22(21)19-25(30)31-11)26(35-38(16,17)29(8,9)10)24(34-37(14,15)28(5,6)7)20-32-36(12,13)27(2,3)4/h21-24,26H,18-20H2,1-17H3/t21-,22+,23-,24-,26+/m1/s1. The van der Waals surface area contributed by atoms with Crippen LogP contribution in [0.5, 0.6) is 0 Å². The third kappa shape index (κ3) is 9.24. The summed E-state index contributed by atoms with van der Waals surface area (Å²) in [5.41, 5.74) is 0. The molecular formula is C29H62O6Si3. The molecule has 0 radical (unpaired) electrons. The van der Waals surface area contributed by atoms with Crippen molar-refractivity contribution in [2.45, 2.75) is 161 Å². The Morgan fingerprint density at radius 3 is 1.68 bits per heavy atom. The number of hydrogen-bond acceptors (Lipinski definition) is 6. The van der Waals surface area contributed by atoms with Crippen molar-refractivity contribution in [1.82, 2.24) is 0 Å². The van der Waals surface area contributed by atoms with E-state index in [0.29, 0.717) is 6.61 Å². The Bertz CT molecular complexity index is 777. The van der Waals surface area contributed by atoms with Gasteiger partial charge in [-0.25, -0.2) is 0 Å². The van der Waals surface area contributed by atoms with E-state index in [1.807, 2.05) is 0 Å². The van der Waals surface area contributed by atoms with Gasteiger partial charge in [0.1, 0.15) is 0 Å². The van der Waals surface area contributed by atoms with Crippen molar-refractivity contribution < 1.29 is 27.5 Å². The molecule has 9 heteroatoms. The zero-order valence-electron chi connectivity index (χ0n) is 28.0.